The highest BCUT2D eigenvalue weighted by molar-refractivity contribution is 6.33. The molecule has 0 unspecified atom stereocenters. The molecule has 7 aliphatic heterocycles. The number of nitrogens with one attached hydrogen (secondary N) is 9. The number of hydrogen-bond donors (Lipinski definition) is 18. The van der Waals surface area contributed by atoms with Gasteiger partial charge < -0.3 is 122 Å². The molecule has 17 bridgehead atoms. The average molecular weight is 1630 g/mol. The van der Waals surface area contributed by atoms with Crippen molar-refractivity contribution < 1.29 is 108 Å². The molecule has 0 saturated carbocycles. The van der Waals surface area contributed by atoms with Gasteiger partial charge in [0.2, 0.25) is 59.3 Å². The van der Waals surface area contributed by atoms with Crippen LogP contribution in [0.2, 0.25) is 10.0 Å². The second-order valence-electron chi connectivity index (χ2n) is 29.0. The molecule has 1 fully saturated rings. The maximum Gasteiger partial charge on any atom is 0.248 e. The van der Waals surface area contributed by atoms with Crippen molar-refractivity contribution in [2.45, 2.75) is 157 Å². The van der Waals surface area contributed by atoms with E-state index < -0.39 is 195 Å². The van der Waals surface area contributed by atoms with Crippen LogP contribution in [0.5, 0.6) is 69.0 Å². The molecule has 0 aromatic heterocycles. The van der Waals surface area contributed by atoms with Gasteiger partial charge in [-0.3, -0.25) is 38.4 Å². The van der Waals surface area contributed by atoms with Crippen molar-refractivity contribution in [2.75, 3.05) is 40.8 Å². The van der Waals surface area contributed by atoms with Gasteiger partial charge in [-0.15, -0.1) is 0 Å². The van der Waals surface area contributed by atoms with E-state index in [9.17, 15) is 60.3 Å². The first kappa shape index (κ1) is 83.2. The number of nitrogens with zero attached hydrogens (tertiary/aromatic N) is 1. The van der Waals surface area contributed by atoms with Gasteiger partial charge in [0.05, 0.1) is 16.7 Å². The second-order valence-corrected chi connectivity index (χ2v) is 29.8. The number of ether oxygens (including phenoxy) is 5. The number of carbonyl (C=O) groups excluding carboxylic acids is 8. The molecular weight excluding hydrogens is 1540 g/mol. The number of phenolic OH excluding ortho intramolecular Hbond substituents is 5. The summed E-state index contributed by atoms with van der Waals surface area (Å²) >= 11 is 14.2. The Balaban J connectivity index is 1.08. The van der Waals surface area contributed by atoms with Crippen molar-refractivity contribution in [3.63, 3.8) is 0 Å². The fourth-order valence-corrected chi connectivity index (χ4v) is 14.9. The van der Waals surface area contributed by atoms with Gasteiger partial charge in [-0.1, -0.05) is 105 Å². The molecule has 7 aliphatic rings. The van der Waals surface area contributed by atoms with Gasteiger partial charge in [-0.25, -0.2) is 0 Å². The Morgan fingerprint density at radius 1 is 0.574 bits per heavy atom. The SMILES string of the molecule is CCCCCCCCCCC(=O)N[C@H]1[C@H](Oc2c3cc4cc2Oc2ccc(cc2Cl)[C@@H](O)[C@@H]2NC(=O)[C@H](NC(=O)[C@@H]4NC(=O)[C@H]4NC(=O)[C@@H](Cc5ccc(cc5)O3)NC(=O)[C@@H](NC)c3ccc(O)c(c3)Oc3cc(O)c(Cl)c4c3)c3ccc(O)c(c3)-c3c(O)cc(O)cc3[C@H](C(=O)NCCCN(C)C)NC2=O)O[C@H](CO)[C@@H](O)[C@@H]1O. The van der Waals surface area contributed by atoms with E-state index in [0.29, 0.717) is 31.4 Å². The number of aliphatic hydroxyl groups is 4. The minimum Gasteiger partial charge on any atom is -0.508 e. The number of unbranched alkanes of at least 4 members (excludes halogenated alkanes) is 7. The second kappa shape index (κ2) is 36.5. The smallest absolute Gasteiger partial charge is 0.248 e. The number of phenols is 5. The average Bonchev–Trinajstić information content (AvgIpc) is 0.765. The highest BCUT2D eigenvalue weighted by Gasteiger charge is 2.48. The topological polar surface area (TPSA) is 476 Å². The normalized spacial score (nSPS) is 23.4. The fraction of sp³-hybridized carbons (Fsp3) is 0.383. The quantitative estimate of drug-likeness (QED) is 0.0392. The molecule has 7 aromatic rings. The zero-order chi connectivity index (χ0) is 82.2. The number of fused-ring (bicyclic) bond motifs is 14. The highest BCUT2D eigenvalue weighted by Crippen LogP contribution is 2.50. The first-order valence-electron chi connectivity index (χ1n) is 37.6. The molecule has 115 heavy (non-hydrogen) atoms. The van der Waals surface area contributed by atoms with Gasteiger partial charge in [-0.2, -0.15) is 0 Å². The number of aliphatic hydroxyl groups excluding tert-OH is 4. The van der Waals surface area contributed by atoms with E-state index in [0.717, 1.165) is 99.2 Å². The lowest BCUT2D eigenvalue weighted by Gasteiger charge is -2.42. The van der Waals surface area contributed by atoms with Crippen LogP contribution in [0, 0.1) is 0 Å². The maximum atomic E-state index is 16.5. The zero-order valence-corrected chi connectivity index (χ0v) is 64.4. The number of amides is 8. The summed E-state index contributed by atoms with van der Waals surface area (Å²) in [4.78, 5) is 125. The van der Waals surface area contributed by atoms with E-state index in [2.05, 4.69) is 54.8 Å². The predicted molar refractivity (Wildman–Crippen MR) is 414 cm³/mol. The summed E-state index contributed by atoms with van der Waals surface area (Å²) in [7, 11) is 5.07. The van der Waals surface area contributed by atoms with Crippen LogP contribution in [0.1, 0.15) is 146 Å². The number of halogens is 2. The first-order chi connectivity index (χ1) is 55.1. The van der Waals surface area contributed by atoms with Crippen molar-refractivity contribution in [1.82, 2.24) is 52.8 Å². The Morgan fingerprint density at radius 2 is 1.22 bits per heavy atom. The van der Waals surface area contributed by atoms with Gasteiger partial charge in [-0.05, 0) is 147 Å². The van der Waals surface area contributed by atoms with Crippen LogP contribution < -0.4 is 66.8 Å². The molecule has 610 valence electrons. The maximum absolute atomic E-state index is 16.5. The van der Waals surface area contributed by atoms with Crippen molar-refractivity contribution >= 4 is 70.5 Å². The van der Waals surface area contributed by atoms with Crippen LogP contribution in [0.4, 0.5) is 0 Å². The third-order valence-corrected chi connectivity index (χ3v) is 21.2. The predicted octanol–water partition coefficient (Wildman–Crippen LogP) is 6.36. The van der Waals surface area contributed by atoms with Crippen molar-refractivity contribution in [3.8, 4) is 80.1 Å². The number of carbonyl (C=O) groups is 8. The van der Waals surface area contributed by atoms with E-state index in [1.165, 1.54) is 61.6 Å². The number of benzene rings is 7. The molecule has 0 aliphatic carbocycles. The van der Waals surface area contributed by atoms with E-state index in [4.69, 9.17) is 46.9 Å². The summed E-state index contributed by atoms with van der Waals surface area (Å²) in [5, 5.41) is 128. The van der Waals surface area contributed by atoms with Crippen molar-refractivity contribution in [2.24, 2.45) is 0 Å². The molecule has 0 spiro atoms. The van der Waals surface area contributed by atoms with Gasteiger partial charge in [0.1, 0.15) is 113 Å². The Labute approximate surface area is 669 Å². The number of rotatable bonds is 19. The Morgan fingerprint density at radius 3 is 1.92 bits per heavy atom. The molecule has 34 heteroatoms. The molecule has 7 heterocycles. The summed E-state index contributed by atoms with van der Waals surface area (Å²) in [6.07, 6.45) is -2.28. The van der Waals surface area contributed by atoms with Gasteiger partial charge in [0.25, 0.3) is 0 Å². The largest absolute Gasteiger partial charge is 0.508 e. The lowest BCUT2D eigenvalue weighted by Crippen LogP contribution is -2.65. The minimum absolute atomic E-state index is 0.0139. The van der Waals surface area contributed by atoms with Crippen LogP contribution >= 0.6 is 23.2 Å². The highest BCUT2D eigenvalue weighted by atomic mass is 35.5. The lowest BCUT2D eigenvalue weighted by molar-refractivity contribution is -0.244. The Hall–Kier alpha value is -11.2. The van der Waals surface area contributed by atoms with E-state index in [1.807, 2.05) is 4.90 Å². The molecular formula is C81H90Cl2N10O22. The van der Waals surface area contributed by atoms with Crippen molar-refractivity contribution in [3.05, 3.63) is 164 Å². The molecule has 14 rings (SSSR count). The molecule has 18 N–H and O–H groups in total. The van der Waals surface area contributed by atoms with Crippen LogP contribution in [0.25, 0.3) is 11.1 Å². The lowest BCUT2D eigenvalue weighted by atomic mass is 9.89. The molecule has 8 amide bonds. The summed E-state index contributed by atoms with van der Waals surface area (Å²) in [5.74, 6) is -14.5. The Bertz CT molecular complexity index is 4840. The van der Waals surface area contributed by atoms with Gasteiger partial charge >= 0.3 is 0 Å². The van der Waals surface area contributed by atoms with Crippen LogP contribution in [-0.4, -0.2) is 182 Å². The molecule has 32 nitrogen and oxygen atoms in total. The summed E-state index contributed by atoms with van der Waals surface area (Å²) in [6, 6.07) is 7.82. The van der Waals surface area contributed by atoms with Gasteiger partial charge in [0, 0.05) is 48.2 Å². The summed E-state index contributed by atoms with van der Waals surface area (Å²) in [5.41, 5.74) is -1.82. The minimum atomic E-state index is -2.32. The molecule has 1 saturated heterocycles. The first-order valence-corrected chi connectivity index (χ1v) is 38.4. The fourth-order valence-electron chi connectivity index (χ4n) is 14.4. The number of aromatic hydroxyl groups is 5. The summed E-state index contributed by atoms with van der Waals surface area (Å²) in [6.45, 7) is 1.71. The zero-order valence-electron chi connectivity index (χ0n) is 62.9. The van der Waals surface area contributed by atoms with Crippen LogP contribution in [-0.2, 0) is 49.5 Å². The Kier molecular flexibility index (Phi) is 26.4. The van der Waals surface area contributed by atoms with E-state index in [-0.39, 0.29) is 80.8 Å². The molecule has 13 atom stereocenters. The number of hydrogen-bond acceptors (Lipinski definition) is 24. The third kappa shape index (κ3) is 18.9. The molecule has 0 radical (unpaired) electrons. The van der Waals surface area contributed by atoms with Crippen LogP contribution in [0.15, 0.2) is 115 Å². The van der Waals surface area contributed by atoms with Crippen molar-refractivity contribution in [1.29, 1.82) is 0 Å². The number of likely N-dealkylation sites (N-methyl/N-ethyl adjacent to an activating group) is 1. The monoisotopic (exact) mass is 1620 g/mol. The standard InChI is InChI=1S/C81H90Cl2N10O22/c1-5-6-7-8-9-10-11-12-14-60(100)87-69-72(103)71(102)59(37-94)114-81(69)115-73-57-31-42-32-58(73)113-55-24-19-41(29-49(55)82)70(101)68-80(110)91-66(75(105)85-25-13-26-93(3)4)47-33-43(95)34-53(98)61(47)46-28-39(17-22-51(46)96)64(77(107)92-68)88-78(108)65(42)89-79(109)67-48-35-45(36-54(99)62(48)83)112-56-30-40(18-23-52(56)97)63(84-2)76(106)86-50(74(104)90-67)27-38-15-20-44(111-57)21-16-38/h15-24,28-36,50,59,63-72,81,84,94-99,101-103H,5-14,25-27,37H2,1-4H3,(H,85,105)(H,86,106)(H,87,100)(H,88,108)(H,89,109)(H,90,104)(H,91,110)(H,92,107)/t50-,59-,63+,64-,65-,66-,67+,68+,69-,70-,71-,72-,81+/m1/s1. The van der Waals surface area contributed by atoms with Gasteiger partial charge in [0.15, 0.2) is 23.0 Å². The van der Waals surface area contributed by atoms with E-state index >= 15 is 24.0 Å². The summed E-state index contributed by atoms with van der Waals surface area (Å²) < 4.78 is 32.8. The van der Waals surface area contributed by atoms with E-state index in [1.54, 1.807) is 14.1 Å². The van der Waals surface area contributed by atoms with Crippen LogP contribution in [0.3, 0.4) is 0 Å². The third-order valence-electron chi connectivity index (χ3n) is 20.5. The molecule has 7 aromatic carbocycles.